The Hall–Kier alpha value is -1.22. The molecule has 10 heteroatoms. The van der Waals surface area contributed by atoms with Crippen molar-refractivity contribution >= 4 is 19.7 Å². The fraction of sp³-hybridized carbons (Fsp3) is 0.375. The standard InChI is InChI=1S/C8H7ClF3NO4S/c1-4-6(18(9,14)15)3-5(16-2)7(13-4)17-8(10,11)12/h3H,1-2H3. The maximum atomic E-state index is 12.1. The van der Waals surface area contributed by atoms with E-state index in [0.717, 1.165) is 13.2 Å². The topological polar surface area (TPSA) is 65.5 Å². The van der Waals surface area contributed by atoms with E-state index in [-0.39, 0.29) is 5.69 Å². The molecule has 0 atom stereocenters. The lowest BCUT2D eigenvalue weighted by atomic mass is 10.3. The Morgan fingerprint density at radius 1 is 1.39 bits per heavy atom. The van der Waals surface area contributed by atoms with Crippen LogP contribution in [-0.2, 0) is 9.05 Å². The highest BCUT2D eigenvalue weighted by molar-refractivity contribution is 8.13. The quantitative estimate of drug-likeness (QED) is 0.801. The molecule has 0 saturated carbocycles. The van der Waals surface area contributed by atoms with E-state index in [1.807, 2.05) is 0 Å². The molecule has 0 fully saturated rings. The maximum Gasteiger partial charge on any atom is 0.574 e. The van der Waals surface area contributed by atoms with Gasteiger partial charge in [0.05, 0.1) is 12.8 Å². The lowest BCUT2D eigenvalue weighted by molar-refractivity contribution is -0.276. The van der Waals surface area contributed by atoms with Gasteiger partial charge >= 0.3 is 6.36 Å². The molecule has 1 heterocycles. The number of rotatable bonds is 3. The van der Waals surface area contributed by atoms with Crippen molar-refractivity contribution < 1.29 is 31.1 Å². The molecule has 1 rings (SSSR count). The first-order valence-corrected chi connectivity index (χ1v) is 6.61. The van der Waals surface area contributed by atoms with Crippen LogP contribution in [-0.4, -0.2) is 26.9 Å². The van der Waals surface area contributed by atoms with E-state index in [0.29, 0.717) is 0 Å². The van der Waals surface area contributed by atoms with Gasteiger partial charge in [-0.25, -0.2) is 13.4 Å². The van der Waals surface area contributed by atoms with Crippen LogP contribution in [0, 0.1) is 6.92 Å². The Kier molecular flexibility index (Phi) is 3.96. The molecule has 0 amide bonds. The molecular weight excluding hydrogens is 299 g/mol. The molecule has 0 aliphatic heterocycles. The summed E-state index contributed by atoms with van der Waals surface area (Å²) in [4.78, 5) is 2.92. The number of alkyl halides is 3. The van der Waals surface area contributed by atoms with Crippen molar-refractivity contribution in [1.82, 2.24) is 4.98 Å². The molecule has 102 valence electrons. The summed E-state index contributed by atoms with van der Waals surface area (Å²) >= 11 is 0. The molecule has 1 aromatic heterocycles. The molecule has 0 bridgehead atoms. The van der Waals surface area contributed by atoms with E-state index in [1.165, 1.54) is 6.92 Å². The molecule has 0 saturated heterocycles. The second-order valence-electron chi connectivity index (χ2n) is 3.06. The van der Waals surface area contributed by atoms with Crippen molar-refractivity contribution in [1.29, 1.82) is 0 Å². The van der Waals surface area contributed by atoms with E-state index >= 15 is 0 Å². The minimum atomic E-state index is -4.96. The number of pyridine rings is 1. The van der Waals surface area contributed by atoms with Gasteiger partial charge in [-0.3, -0.25) is 0 Å². The van der Waals surface area contributed by atoms with Gasteiger partial charge in [-0.1, -0.05) is 0 Å². The van der Waals surface area contributed by atoms with Crippen molar-refractivity contribution in [3.05, 3.63) is 11.8 Å². The van der Waals surface area contributed by atoms with Gasteiger partial charge in [0.15, 0.2) is 5.75 Å². The minimum absolute atomic E-state index is 0.231. The van der Waals surface area contributed by atoms with Crippen molar-refractivity contribution in [2.24, 2.45) is 0 Å². The van der Waals surface area contributed by atoms with Crippen LogP contribution in [0.5, 0.6) is 11.6 Å². The SMILES string of the molecule is COc1cc(S(=O)(=O)Cl)c(C)nc1OC(F)(F)F. The first kappa shape index (κ1) is 14.8. The van der Waals surface area contributed by atoms with E-state index in [1.54, 1.807) is 0 Å². The Morgan fingerprint density at radius 2 is 1.94 bits per heavy atom. The molecule has 5 nitrogen and oxygen atoms in total. The molecule has 0 radical (unpaired) electrons. The zero-order valence-corrected chi connectivity index (χ0v) is 10.7. The van der Waals surface area contributed by atoms with Gasteiger partial charge in [0.2, 0.25) is 0 Å². The third-order valence-corrected chi connectivity index (χ3v) is 3.23. The highest BCUT2D eigenvalue weighted by Crippen LogP contribution is 2.34. The third kappa shape index (κ3) is 3.64. The predicted octanol–water partition coefficient (Wildman–Crippen LogP) is 2.22. The molecule has 0 spiro atoms. The summed E-state index contributed by atoms with van der Waals surface area (Å²) < 4.78 is 66.6. The average molecular weight is 306 g/mol. The molecule has 0 aliphatic rings. The number of halogens is 4. The lowest BCUT2D eigenvalue weighted by Crippen LogP contribution is -2.19. The average Bonchev–Trinajstić information content (AvgIpc) is 2.13. The fourth-order valence-electron chi connectivity index (χ4n) is 1.12. The van der Waals surface area contributed by atoms with E-state index in [4.69, 9.17) is 10.7 Å². The van der Waals surface area contributed by atoms with Crippen molar-refractivity contribution in [3.8, 4) is 11.6 Å². The maximum absolute atomic E-state index is 12.1. The molecular formula is C8H7ClF3NO4S. The summed E-state index contributed by atoms with van der Waals surface area (Å²) in [7, 11) is 2.00. The van der Waals surface area contributed by atoms with Crippen molar-refractivity contribution in [2.45, 2.75) is 18.2 Å². The van der Waals surface area contributed by atoms with Crippen molar-refractivity contribution in [2.75, 3.05) is 7.11 Å². The van der Waals surface area contributed by atoms with Crippen LogP contribution < -0.4 is 9.47 Å². The Morgan fingerprint density at radius 3 is 2.33 bits per heavy atom. The molecule has 0 aromatic carbocycles. The summed E-state index contributed by atoms with van der Waals surface area (Å²) in [5.74, 6) is -1.37. The molecule has 0 N–H and O–H groups in total. The molecule has 0 aliphatic carbocycles. The summed E-state index contributed by atoms with van der Waals surface area (Å²) in [6, 6.07) is 0.811. The normalized spacial score (nSPS) is 12.3. The number of aryl methyl sites for hydroxylation is 1. The Bertz CT molecular complexity index is 558. The summed E-state index contributed by atoms with van der Waals surface area (Å²) in [5, 5.41) is 0. The number of ether oxygens (including phenoxy) is 2. The van der Waals surface area contributed by atoms with Crippen LogP contribution in [0.15, 0.2) is 11.0 Å². The number of nitrogens with zero attached hydrogens (tertiary/aromatic N) is 1. The second kappa shape index (κ2) is 4.81. The first-order chi connectivity index (χ1) is 8.04. The van der Waals surface area contributed by atoms with Crippen LogP contribution >= 0.6 is 10.7 Å². The van der Waals surface area contributed by atoms with Gasteiger partial charge in [-0.15, -0.1) is 13.2 Å². The van der Waals surface area contributed by atoms with Gasteiger partial charge < -0.3 is 9.47 Å². The number of methoxy groups -OCH3 is 1. The fourth-order valence-corrected chi connectivity index (χ4v) is 2.24. The highest BCUT2D eigenvalue weighted by atomic mass is 35.7. The zero-order chi connectivity index (χ0) is 14.1. The highest BCUT2D eigenvalue weighted by Gasteiger charge is 2.34. The number of hydrogen-bond acceptors (Lipinski definition) is 5. The largest absolute Gasteiger partial charge is 0.574 e. The Balaban J connectivity index is 3.37. The van der Waals surface area contributed by atoms with Crippen LogP contribution in [0.2, 0.25) is 0 Å². The van der Waals surface area contributed by atoms with Gasteiger partial charge in [-0.2, -0.15) is 0 Å². The molecule has 0 unspecified atom stereocenters. The number of hydrogen-bond donors (Lipinski definition) is 0. The summed E-state index contributed by atoms with van der Waals surface area (Å²) in [6.07, 6.45) is -4.96. The van der Waals surface area contributed by atoms with Gasteiger partial charge in [-0.05, 0) is 6.92 Å². The van der Waals surface area contributed by atoms with E-state index in [2.05, 4.69) is 14.5 Å². The van der Waals surface area contributed by atoms with Crippen LogP contribution in [0.3, 0.4) is 0 Å². The van der Waals surface area contributed by atoms with Crippen LogP contribution in [0.25, 0.3) is 0 Å². The predicted molar refractivity (Wildman–Crippen MR) is 55.2 cm³/mol. The summed E-state index contributed by atoms with van der Waals surface area (Å²) in [5.41, 5.74) is -0.231. The monoisotopic (exact) mass is 305 g/mol. The van der Waals surface area contributed by atoms with Crippen LogP contribution in [0.4, 0.5) is 13.2 Å². The zero-order valence-electron chi connectivity index (χ0n) is 9.08. The van der Waals surface area contributed by atoms with E-state index < -0.39 is 31.9 Å². The summed E-state index contributed by atoms with van der Waals surface area (Å²) in [6.45, 7) is 1.18. The lowest BCUT2D eigenvalue weighted by Gasteiger charge is -2.13. The Labute approximate surface area is 105 Å². The van der Waals surface area contributed by atoms with Gasteiger partial charge in [0, 0.05) is 16.7 Å². The molecule has 18 heavy (non-hydrogen) atoms. The first-order valence-electron chi connectivity index (χ1n) is 4.30. The minimum Gasteiger partial charge on any atom is -0.491 e. The van der Waals surface area contributed by atoms with Gasteiger partial charge in [0.25, 0.3) is 14.9 Å². The van der Waals surface area contributed by atoms with Crippen LogP contribution in [0.1, 0.15) is 5.69 Å². The van der Waals surface area contributed by atoms with Crippen molar-refractivity contribution in [3.63, 3.8) is 0 Å². The van der Waals surface area contributed by atoms with E-state index in [9.17, 15) is 21.6 Å². The third-order valence-electron chi connectivity index (χ3n) is 1.79. The van der Waals surface area contributed by atoms with Gasteiger partial charge in [0.1, 0.15) is 4.90 Å². The molecule has 1 aromatic rings. The second-order valence-corrected chi connectivity index (χ2v) is 5.60. The smallest absolute Gasteiger partial charge is 0.491 e. The number of aromatic nitrogens is 1.